The van der Waals surface area contributed by atoms with E-state index in [1.54, 1.807) is 4.90 Å². The molecule has 1 radical (unpaired) electrons. The number of nitrogens with zero attached hydrogens (tertiary/aromatic N) is 1. The van der Waals surface area contributed by atoms with E-state index in [1.165, 1.54) is 0 Å². The molecular formula is C11H14NO. The largest absolute Gasteiger partial charge is 0.330 e. The topological polar surface area (TPSA) is 20.3 Å². The highest BCUT2D eigenvalue weighted by Gasteiger charge is 2.01. The number of benzene rings is 1. The van der Waals surface area contributed by atoms with Gasteiger partial charge in [0, 0.05) is 13.1 Å². The van der Waals surface area contributed by atoms with Gasteiger partial charge in [-0.3, -0.25) is 4.79 Å². The molecule has 0 aliphatic carbocycles. The molecule has 0 fully saturated rings. The molecule has 0 aromatic heterocycles. The van der Waals surface area contributed by atoms with Crippen LogP contribution >= 0.6 is 0 Å². The molecular weight excluding hydrogens is 162 g/mol. The van der Waals surface area contributed by atoms with E-state index in [-0.39, 0.29) is 0 Å². The Morgan fingerprint density at radius 2 is 2.00 bits per heavy atom. The van der Waals surface area contributed by atoms with Crippen LogP contribution in [0.4, 0.5) is 0 Å². The van der Waals surface area contributed by atoms with Crippen LogP contribution in [0.5, 0.6) is 0 Å². The van der Waals surface area contributed by atoms with Crippen LogP contribution in [0.2, 0.25) is 0 Å². The molecule has 69 valence electrons. The number of hydrogen-bond donors (Lipinski definition) is 0. The molecule has 0 bridgehead atoms. The van der Waals surface area contributed by atoms with Gasteiger partial charge in [0.15, 0.2) is 0 Å². The molecule has 0 saturated heterocycles. The van der Waals surface area contributed by atoms with Gasteiger partial charge in [0.1, 0.15) is 0 Å². The van der Waals surface area contributed by atoms with Crippen LogP contribution in [0, 0.1) is 0 Å². The molecule has 1 rings (SSSR count). The highest BCUT2D eigenvalue weighted by atomic mass is 16.1. The van der Waals surface area contributed by atoms with Crippen molar-refractivity contribution in [3.05, 3.63) is 35.9 Å². The second-order valence-electron chi connectivity index (χ2n) is 3.00. The smallest absolute Gasteiger partial charge is 0.312 e. The molecule has 0 N–H and O–H groups in total. The Labute approximate surface area is 79.2 Å². The van der Waals surface area contributed by atoms with Crippen LogP contribution in [0.3, 0.4) is 0 Å². The number of amides is 1. The van der Waals surface area contributed by atoms with Crippen molar-refractivity contribution < 1.29 is 4.79 Å². The molecule has 13 heavy (non-hydrogen) atoms. The van der Waals surface area contributed by atoms with Crippen molar-refractivity contribution in [2.45, 2.75) is 19.9 Å². The minimum atomic E-state index is 0.665. The van der Waals surface area contributed by atoms with E-state index in [2.05, 4.69) is 6.92 Å². The van der Waals surface area contributed by atoms with Gasteiger partial charge in [-0.25, -0.2) is 0 Å². The monoisotopic (exact) mass is 176 g/mol. The molecule has 0 unspecified atom stereocenters. The number of hydrogen-bond acceptors (Lipinski definition) is 1. The second kappa shape index (κ2) is 5.36. The lowest BCUT2D eigenvalue weighted by atomic mass is 10.2. The SMILES string of the molecule is CCCN([C]=O)Cc1ccccc1. The lowest BCUT2D eigenvalue weighted by Crippen LogP contribution is -2.21. The quantitative estimate of drug-likeness (QED) is 0.628. The number of carbonyl (C=O) groups excluding carboxylic acids is 1. The fourth-order valence-electron chi connectivity index (χ4n) is 1.23. The van der Waals surface area contributed by atoms with Crippen molar-refractivity contribution in [3.8, 4) is 0 Å². The molecule has 0 spiro atoms. The van der Waals surface area contributed by atoms with Gasteiger partial charge in [0.2, 0.25) is 0 Å². The zero-order chi connectivity index (χ0) is 9.52. The van der Waals surface area contributed by atoms with Crippen molar-refractivity contribution >= 4 is 6.41 Å². The van der Waals surface area contributed by atoms with E-state index in [0.29, 0.717) is 6.54 Å². The Bertz CT molecular complexity index is 246. The fraction of sp³-hybridized carbons (Fsp3) is 0.364. The van der Waals surface area contributed by atoms with Crippen LogP contribution in [0.1, 0.15) is 18.9 Å². The van der Waals surface area contributed by atoms with Crippen molar-refractivity contribution in [2.75, 3.05) is 6.54 Å². The average Bonchev–Trinajstić information content (AvgIpc) is 2.19. The Morgan fingerprint density at radius 3 is 2.54 bits per heavy atom. The third-order valence-corrected chi connectivity index (χ3v) is 1.84. The second-order valence-corrected chi connectivity index (χ2v) is 3.00. The summed E-state index contributed by atoms with van der Waals surface area (Å²) in [7, 11) is 0. The Kier molecular flexibility index (Phi) is 4.03. The maximum absolute atomic E-state index is 10.5. The summed E-state index contributed by atoms with van der Waals surface area (Å²) in [5.74, 6) is 0. The van der Waals surface area contributed by atoms with Gasteiger partial charge >= 0.3 is 6.41 Å². The zero-order valence-corrected chi connectivity index (χ0v) is 7.86. The molecule has 2 heteroatoms. The van der Waals surface area contributed by atoms with Crippen LogP contribution < -0.4 is 0 Å². The molecule has 0 saturated carbocycles. The molecule has 0 aliphatic rings. The molecule has 0 heterocycles. The van der Waals surface area contributed by atoms with Gasteiger partial charge in [-0.15, -0.1) is 0 Å². The summed E-state index contributed by atoms with van der Waals surface area (Å²) in [6.07, 6.45) is 2.91. The summed E-state index contributed by atoms with van der Waals surface area (Å²) in [4.78, 5) is 12.2. The normalized spacial score (nSPS) is 9.62. The molecule has 1 amide bonds. The Morgan fingerprint density at radius 1 is 1.31 bits per heavy atom. The van der Waals surface area contributed by atoms with Gasteiger partial charge in [-0.1, -0.05) is 37.3 Å². The standard InChI is InChI=1S/C11H14NO/c1-2-8-12(10-13)9-11-6-4-3-5-7-11/h3-7H,2,8-9H2,1H3. The minimum absolute atomic E-state index is 0.665. The summed E-state index contributed by atoms with van der Waals surface area (Å²) < 4.78 is 0. The first-order valence-corrected chi connectivity index (χ1v) is 4.53. The fourth-order valence-corrected chi connectivity index (χ4v) is 1.23. The summed E-state index contributed by atoms with van der Waals surface area (Å²) in [5.41, 5.74) is 1.15. The van der Waals surface area contributed by atoms with E-state index in [4.69, 9.17) is 0 Å². The van der Waals surface area contributed by atoms with Crippen molar-refractivity contribution in [1.29, 1.82) is 0 Å². The third kappa shape index (κ3) is 3.28. The van der Waals surface area contributed by atoms with Crippen LogP contribution in [-0.2, 0) is 11.3 Å². The van der Waals surface area contributed by atoms with E-state index < -0.39 is 0 Å². The summed E-state index contributed by atoms with van der Waals surface area (Å²) in [6.45, 7) is 3.49. The molecule has 1 aromatic carbocycles. The summed E-state index contributed by atoms with van der Waals surface area (Å²) in [6, 6.07) is 9.95. The molecule has 0 atom stereocenters. The first kappa shape index (κ1) is 9.78. The van der Waals surface area contributed by atoms with Gasteiger partial charge in [-0.05, 0) is 12.0 Å². The first-order chi connectivity index (χ1) is 6.36. The molecule has 1 aromatic rings. The summed E-state index contributed by atoms with van der Waals surface area (Å²) >= 11 is 0. The number of rotatable bonds is 5. The Balaban J connectivity index is 2.51. The van der Waals surface area contributed by atoms with Crippen molar-refractivity contribution in [1.82, 2.24) is 4.90 Å². The molecule has 0 aliphatic heterocycles. The van der Waals surface area contributed by atoms with E-state index in [9.17, 15) is 4.79 Å². The Hall–Kier alpha value is -1.31. The van der Waals surface area contributed by atoms with Crippen molar-refractivity contribution in [3.63, 3.8) is 0 Å². The van der Waals surface area contributed by atoms with Gasteiger partial charge in [-0.2, -0.15) is 0 Å². The van der Waals surface area contributed by atoms with E-state index in [1.807, 2.05) is 36.7 Å². The van der Waals surface area contributed by atoms with Crippen LogP contribution in [0.15, 0.2) is 30.3 Å². The maximum atomic E-state index is 10.5. The highest BCUT2D eigenvalue weighted by molar-refractivity contribution is 5.48. The average molecular weight is 176 g/mol. The molecule has 2 nitrogen and oxygen atoms in total. The van der Waals surface area contributed by atoms with Crippen LogP contribution in [0.25, 0.3) is 0 Å². The highest BCUT2D eigenvalue weighted by Crippen LogP contribution is 2.02. The van der Waals surface area contributed by atoms with Crippen LogP contribution in [-0.4, -0.2) is 17.9 Å². The summed E-state index contributed by atoms with van der Waals surface area (Å²) in [5, 5.41) is 0. The minimum Gasteiger partial charge on any atom is -0.330 e. The van der Waals surface area contributed by atoms with E-state index in [0.717, 1.165) is 18.5 Å². The van der Waals surface area contributed by atoms with Crippen molar-refractivity contribution in [2.24, 2.45) is 0 Å². The van der Waals surface area contributed by atoms with Gasteiger partial charge in [0.25, 0.3) is 0 Å². The van der Waals surface area contributed by atoms with Gasteiger partial charge in [0.05, 0.1) is 0 Å². The van der Waals surface area contributed by atoms with Gasteiger partial charge < -0.3 is 4.90 Å². The zero-order valence-electron chi connectivity index (χ0n) is 7.86. The van der Waals surface area contributed by atoms with E-state index >= 15 is 0 Å². The predicted molar refractivity (Wildman–Crippen MR) is 52.8 cm³/mol. The maximum Gasteiger partial charge on any atom is 0.312 e. The predicted octanol–water partition coefficient (Wildman–Crippen LogP) is 1.97. The lowest BCUT2D eigenvalue weighted by Gasteiger charge is -2.14. The first-order valence-electron chi connectivity index (χ1n) is 4.53. The third-order valence-electron chi connectivity index (χ3n) is 1.84. The lowest BCUT2D eigenvalue weighted by molar-refractivity contribution is 0.373.